The molecule has 2 unspecified atom stereocenters. The third-order valence-corrected chi connectivity index (χ3v) is 4.16. The fraction of sp³-hybridized carbons (Fsp3) is 0.500. The smallest absolute Gasteiger partial charge is 0.262 e. The van der Waals surface area contributed by atoms with Gasteiger partial charge in [-0.25, -0.2) is 0 Å². The van der Waals surface area contributed by atoms with E-state index in [-0.39, 0.29) is 18.4 Å². The van der Waals surface area contributed by atoms with Crippen LogP contribution in [0.15, 0.2) is 12.1 Å². The first-order chi connectivity index (χ1) is 9.65. The lowest BCUT2D eigenvalue weighted by Crippen LogP contribution is -2.33. The highest BCUT2D eigenvalue weighted by molar-refractivity contribution is 6.32. The van der Waals surface area contributed by atoms with Crippen LogP contribution in [0.3, 0.4) is 0 Å². The molecule has 1 aromatic carbocycles. The van der Waals surface area contributed by atoms with Crippen molar-refractivity contribution in [3.8, 4) is 5.75 Å². The van der Waals surface area contributed by atoms with E-state index in [9.17, 15) is 9.90 Å². The van der Waals surface area contributed by atoms with Crippen LogP contribution in [0.25, 0.3) is 0 Å². The number of nitrogens with one attached hydrogen (secondary N) is 2. The lowest BCUT2D eigenvalue weighted by molar-refractivity contribution is -0.118. The van der Waals surface area contributed by atoms with E-state index in [0.717, 1.165) is 25.9 Å². The zero-order valence-corrected chi connectivity index (χ0v) is 11.7. The van der Waals surface area contributed by atoms with E-state index in [1.165, 1.54) is 0 Å². The van der Waals surface area contributed by atoms with Crippen LogP contribution in [-0.4, -0.2) is 30.7 Å². The van der Waals surface area contributed by atoms with E-state index in [2.05, 4.69) is 10.6 Å². The molecule has 1 aromatic rings. The van der Waals surface area contributed by atoms with E-state index >= 15 is 0 Å². The zero-order chi connectivity index (χ0) is 14.1. The van der Waals surface area contributed by atoms with Crippen LogP contribution in [0.5, 0.6) is 5.75 Å². The Labute approximate surface area is 122 Å². The maximum absolute atomic E-state index is 11.3. The first-order valence-corrected chi connectivity index (χ1v) is 7.18. The maximum Gasteiger partial charge on any atom is 0.262 e. The first kappa shape index (κ1) is 13.7. The highest BCUT2D eigenvalue weighted by Gasteiger charge is 2.27. The average Bonchev–Trinajstić information content (AvgIpc) is 2.46. The van der Waals surface area contributed by atoms with Gasteiger partial charge in [-0.1, -0.05) is 11.6 Å². The van der Waals surface area contributed by atoms with Gasteiger partial charge in [0.25, 0.3) is 5.91 Å². The van der Waals surface area contributed by atoms with E-state index in [4.69, 9.17) is 16.3 Å². The number of amides is 1. The van der Waals surface area contributed by atoms with Crippen molar-refractivity contribution in [1.29, 1.82) is 0 Å². The van der Waals surface area contributed by atoms with Gasteiger partial charge in [0.2, 0.25) is 0 Å². The minimum absolute atomic E-state index is 0.00481. The molecule has 1 amide bonds. The molecule has 2 heterocycles. The molecule has 20 heavy (non-hydrogen) atoms. The van der Waals surface area contributed by atoms with Gasteiger partial charge in [-0.3, -0.25) is 4.79 Å². The number of hydrogen-bond acceptors (Lipinski definition) is 4. The van der Waals surface area contributed by atoms with Crippen molar-refractivity contribution >= 4 is 23.2 Å². The number of aliphatic hydroxyl groups is 1. The fourth-order valence-corrected chi connectivity index (χ4v) is 3.02. The number of anilines is 1. The Morgan fingerprint density at radius 2 is 2.30 bits per heavy atom. The third-order valence-electron chi connectivity index (χ3n) is 3.83. The molecule has 3 N–H and O–H groups in total. The summed E-state index contributed by atoms with van der Waals surface area (Å²) >= 11 is 6.24. The molecule has 5 nitrogen and oxygen atoms in total. The number of piperidine rings is 1. The quantitative estimate of drug-likeness (QED) is 0.777. The van der Waals surface area contributed by atoms with Crippen LogP contribution in [0, 0.1) is 5.92 Å². The number of halogens is 1. The molecule has 0 aromatic heterocycles. The monoisotopic (exact) mass is 296 g/mol. The van der Waals surface area contributed by atoms with Crippen molar-refractivity contribution in [3.63, 3.8) is 0 Å². The number of carbonyl (C=O) groups is 1. The average molecular weight is 297 g/mol. The number of aliphatic hydroxyl groups excluding tert-OH is 1. The Morgan fingerprint density at radius 3 is 3.05 bits per heavy atom. The number of carbonyl (C=O) groups excluding carboxylic acids is 1. The van der Waals surface area contributed by atoms with Crippen LogP contribution >= 0.6 is 11.6 Å². The highest BCUT2D eigenvalue weighted by Crippen LogP contribution is 2.39. The van der Waals surface area contributed by atoms with Crippen LogP contribution in [-0.2, 0) is 4.79 Å². The summed E-state index contributed by atoms with van der Waals surface area (Å²) in [6.45, 7) is 1.78. The molecule has 0 spiro atoms. The summed E-state index contributed by atoms with van der Waals surface area (Å²) in [6, 6.07) is 3.37. The van der Waals surface area contributed by atoms with Gasteiger partial charge in [-0.15, -0.1) is 0 Å². The van der Waals surface area contributed by atoms with Gasteiger partial charge in [-0.2, -0.15) is 0 Å². The Hall–Kier alpha value is -1.30. The number of fused-ring (bicyclic) bond motifs is 1. The molecule has 2 aliphatic heterocycles. The number of benzene rings is 1. The molecular formula is C14H17ClN2O3. The molecule has 2 atom stereocenters. The van der Waals surface area contributed by atoms with Gasteiger partial charge in [0, 0.05) is 23.0 Å². The maximum atomic E-state index is 11.3. The predicted octanol–water partition coefficient (Wildman–Crippen LogP) is 1.70. The van der Waals surface area contributed by atoms with Gasteiger partial charge in [0.1, 0.15) is 5.75 Å². The van der Waals surface area contributed by atoms with Crippen LogP contribution < -0.4 is 15.4 Å². The molecule has 6 heteroatoms. The number of ether oxygens (including phenoxy) is 1. The van der Waals surface area contributed by atoms with Gasteiger partial charge in [-0.05, 0) is 31.5 Å². The topological polar surface area (TPSA) is 70.6 Å². The molecule has 0 bridgehead atoms. The van der Waals surface area contributed by atoms with E-state index < -0.39 is 6.10 Å². The van der Waals surface area contributed by atoms with Crippen molar-refractivity contribution in [2.24, 2.45) is 5.92 Å². The van der Waals surface area contributed by atoms with E-state index in [0.29, 0.717) is 22.0 Å². The molecule has 3 rings (SSSR count). The van der Waals surface area contributed by atoms with Crippen molar-refractivity contribution in [2.45, 2.75) is 18.9 Å². The summed E-state index contributed by atoms with van der Waals surface area (Å²) in [6.07, 6.45) is 1.40. The lowest BCUT2D eigenvalue weighted by Gasteiger charge is -2.29. The second kappa shape index (κ2) is 5.60. The molecule has 0 radical (unpaired) electrons. The molecule has 1 fully saturated rings. The van der Waals surface area contributed by atoms with Crippen molar-refractivity contribution in [3.05, 3.63) is 22.7 Å². The van der Waals surface area contributed by atoms with E-state index in [1.807, 2.05) is 0 Å². The molecule has 0 saturated carbocycles. The van der Waals surface area contributed by atoms with E-state index in [1.54, 1.807) is 12.1 Å². The van der Waals surface area contributed by atoms with Gasteiger partial charge in [0.05, 0.1) is 11.8 Å². The number of hydrogen-bond donors (Lipinski definition) is 3. The van der Waals surface area contributed by atoms with Crippen LogP contribution in [0.2, 0.25) is 5.02 Å². The second-order valence-electron chi connectivity index (χ2n) is 5.26. The van der Waals surface area contributed by atoms with Gasteiger partial charge < -0.3 is 20.5 Å². The summed E-state index contributed by atoms with van der Waals surface area (Å²) in [5.74, 6) is 0.516. The molecule has 108 valence electrons. The summed E-state index contributed by atoms with van der Waals surface area (Å²) in [7, 11) is 0. The summed E-state index contributed by atoms with van der Waals surface area (Å²) < 4.78 is 5.37. The summed E-state index contributed by atoms with van der Waals surface area (Å²) in [5.41, 5.74) is 1.22. The normalized spacial score (nSPS) is 23.5. The minimum atomic E-state index is -0.623. The standard InChI is InChI=1S/C14H17ClN2O3/c15-10-5-11-12(20-7-13(18)17-11)4-9(10)14(19)8-2-1-3-16-6-8/h4-5,8,14,16,19H,1-3,6-7H2,(H,17,18). The highest BCUT2D eigenvalue weighted by atomic mass is 35.5. The second-order valence-corrected chi connectivity index (χ2v) is 5.67. The van der Waals surface area contributed by atoms with Crippen molar-refractivity contribution < 1.29 is 14.6 Å². The largest absolute Gasteiger partial charge is 0.482 e. The molecule has 1 saturated heterocycles. The van der Waals surface area contributed by atoms with Crippen molar-refractivity contribution in [2.75, 3.05) is 25.0 Å². The SMILES string of the molecule is O=C1COc2cc(C(O)C3CCCNC3)c(Cl)cc2N1. The summed E-state index contributed by atoms with van der Waals surface area (Å²) in [5, 5.41) is 16.9. The predicted molar refractivity (Wildman–Crippen MR) is 76.1 cm³/mol. The molecule has 2 aliphatic rings. The van der Waals surface area contributed by atoms with Gasteiger partial charge >= 0.3 is 0 Å². The van der Waals surface area contributed by atoms with Gasteiger partial charge in [0.15, 0.2) is 6.61 Å². The van der Waals surface area contributed by atoms with Crippen LogP contribution in [0.1, 0.15) is 24.5 Å². The minimum Gasteiger partial charge on any atom is -0.482 e. The Morgan fingerprint density at radius 1 is 1.45 bits per heavy atom. The molecular weight excluding hydrogens is 280 g/mol. The lowest BCUT2D eigenvalue weighted by atomic mass is 9.89. The van der Waals surface area contributed by atoms with Crippen molar-refractivity contribution in [1.82, 2.24) is 5.32 Å². The summed E-state index contributed by atoms with van der Waals surface area (Å²) in [4.78, 5) is 11.3. The Bertz CT molecular complexity index is 529. The third kappa shape index (κ3) is 2.61. The fourth-order valence-electron chi connectivity index (χ4n) is 2.74. The first-order valence-electron chi connectivity index (χ1n) is 6.80. The van der Waals surface area contributed by atoms with Crippen LogP contribution in [0.4, 0.5) is 5.69 Å². The number of rotatable bonds is 2. The Kier molecular flexibility index (Phi) is 3.83. The zero-order valence-electron chi connectivity index (χ0n) is 11.0. The molecule has 0 aliphatic carbocycles. The Balaban J connectivity index is 1.87.